The molecule has 188 valence electrons. The Morgan fingerprint density at radius 1 is 0.889 bits per heavy atom. The molecule has 3 aliphatic rings. The highest BCUT2D eigenvalue weighted by atomic mass is 16.7. The number of urea groups is 1. The Bertz CT molecular complexity index is 1350. The van der Waals surface area contributed by atoms with Gasteiger partial charge in [0.1, 0.15) is 13.2 Å². The Morgan fingerprint density at radius 3 is 2.47 bits per heavy atom. The summed E-state index contributed by atoms with van der Waals surface area (Å²) in [4.78, 5) is 31.1. The second-order valence-corrected chi connectivity index (χ2v) is 9.53. The fourth-order valence-corrected chi connectivity index (χ4v) is 5.08. The minimum atomic E-state index is -0.236. The Balaban J connectivity index is 1.29. The molecule has 1 fully saturated rings. The van der Waals surface area contributed by atoms with Crippen LogP contribution in [0.15, 0.2) is 41.2 Å². The number of ether oxygens (including phenoxy) is 4. The van der Waals surface area contributed by atoms with Crippen molar-refractivity contribution in [3.8, 4) is 23.0 Å². The maximum absolute atomic E-state index is 13.4. The largest absolute Gasteiger partial charge is 0.486 e. The Morgan fingerprint density at radius 2 is 1.64 bits per heavy atom. The van der Waals surface area contributed by atoms with E-state index in [0.29, 0.717) is 53.8 Å². The van der Waals surface area contributed by atoms with Gasteiger partial charge in [-0.2, -0.15) is 0 Å². The van der Waals surface area contributed by atoms with Crippen molar-refractivity contribution in [1.82, 2.24) is 15.2 Å². The van der Waals surface area contributed by atoms with Gasteiger partial charge in [0.25, 0.3) is 5.56 Å². The molecule has 1 aromatic heterocycles. The van der Waals surface area contributed by atoms with E-state index in [2.05, 4.69) is 10.3 Å². The number of aromatic amines is 1. The molecule has 2 N–H and O–H groups in total. The number of carbonyl (C=O) groups excluding carboxylic acids is 1. The number of benzene rings is 2. The second kappa shape index (κ2) is 9.64. The highest BCUT2D eigenvalue weighted by Gasteiger charge is 2.23. The molecule has 0 radical (unpaired) electrons. The van der Waals surface area contributed by atoms with E-state index >= 15 is 0 Å². The van der Waals surface area contributed by atoms with Crippen LogP contribution in [0.3, 0.4) is 0 Å². The van der Waals surface area contributed by atoms with Crippen LogP contribution in [-0.4, -0.2) is 42.0 Å². The molecule has 9 nitrogen and oxygen atoms in total. The molecule has 0 atom stereocenters. The molecule has 2 aromatic carbocycles. The fraction of sp³-hybridized carbons (Fsp3) is 0.407. The molecule has 1 saturated carbocycles. The van der Waals surface area contributed by atoms with E-state index in [0.717, 1.165) is 36.6 Å². The minimum absolute atomic E-state index is 0.157. The molecule has 9 heteroatoms. The Hall–Kier alpha value is -3.88. The van der Waals surface area contributed by atoms with Crippen LogP contribution < -0.4 is 29.8 Å². The van der Waals surface area contributed by atoms with E-state index in [-0.39, 0.29) is 31.0 Å². The van der Waals surface area contributed by atoms with Gasteiger partial charge in [-0.3, -0.25) is 4.79 Å². The molecule has 3 aromatic rings. The van der Waals surface area contributed by atoms with Gasteiger partial charge in [0.15, 0.2) is 23.0 Å². The third kappa shape index (κ3) is 4.65. The van der Waals surface area contributed by atoms with Crippen LogP contribution in [0.1, 0.15) is 43.2 Å². The van der Waals surface area contributed by atoms with Gasteiger partial charge < -0.3 is 34.1 Å². The van der Waals surface area contributed by atoms with E-state index in [1.807, 2.05) is 30.3 Å². The third-order valence-electron chi connectivity index (χ3n) is 6.98. The van der Waals surface area contributed by atoms with E-state index in [1.54, 1.807) is 11.0 Å². The number of hydrogen-bond acceptors (Lipinski definition) is 6. The Kier molecular flexibility index (Phi) is 6.04. The molecule has 0 unspecified atom stereocenters. The number of rotatable bonds is 5. The molecule has 3 heterocycles. The van der Waals surface area contributed by atoms with Crippen LogP contribution in [0.4, 0.5) is 4.79 Å². The maximum Gasteiger partial charge on any atom is 0.318 e. The SMILES string of the molecule is O=C(NC1CCCCC1)N(Cc1ccc2c(c1)OCO2)Cc1cc2cc3c(cc2[nH]c1=O)OCCO3. The maximum atomic E-state index is 13.4. The quantitative estimate of drug-likeness (QED) is 0.558. The van der Waals surface area contributed by atoms with Gasteiger partial charge in [-0.1, -0.05) is 25.3 Å². The first-order valence-electron chi connectivity index (χ1n) is 12.5. The van der Waals surface area contributed by atoms with Crippen molar-refractivity contribution in [2.75, 3.05) is 20.0 Å². The van der Waals surface area contributed by atoms with Crippen LogP contribution in [0.2, 0.25) is 0 Å². The van der Waals surface area contributed by atoms with Gasteiger partial charge in [-0.15, -0.1) is 0 Å². The molecule has 0 spiro atoms. The monoisotopic (exact) mass is 491 g/mol. The van der Waals surface area contributed by atoms with Crippen molar-refractivity contribution in [3.63, 3.8) is 0 Å². The average Bonchev–Trinajstić information content (AvgIpc) is 3.36. The van der Waals surface area contributed by atoms with Crippen molar-refractivity contribution in [3.05, 3.63) is 57.9 Å². The van der Waals surface area contributed by atoms with Crippen molar-refractivity contribution in [2.24, 2.45) is 0 Å². The normalized spacial score (nSPS) is 16.7. The van der Waals surface area contributed by atoms with E-state index in [9.17, 15) is 9.59 Å². The van der Waals surface area contributed by atoms with Crippen LogP contribution in [0.5, 0.6) is 23.0 Å². The summed E-state index contributed by atoms with van der Waals surface area (Å²) in [7, 11) is 0. The van der Waals surface area contributed by atoms with Crippen LogP contribution in [-0.2, 0) is 13.1 Å². The summed E-state index contributed by atoms with van der Waals surface area (Å²) < 4.78 is 22.3. The number of nitrogens with zero attached hydrogens (tertiary/aromatic N) is 1. The zero-order chi connectivity index (χ0) is 24.5. The molecule has 6 rings (SSSR count). The smallest absolute Gasteiger partial charge is 0.318 e. The van der Waals surface area contributed by atoms with Gasteiger partial charge in [0, 0.05) is 29.6 Å². The predicted octanol–water partition coefficient (Wildman–Crippen LogP) is 4.07. The summed E-state index contributed by atoms with van der Waals surface area (Å²) in [5.74, 6) is 2.63. The number of pyridine rings is 1. The standard InChI is InChI=1S/C27H29N3O6/c31-26-19(11-18-12-24-25(13-21(18)29-26)34-9-8-33-24)15-30(27(32)28-20-4-2-1-3-5-20)14-17-6-7-22-23(10-17)36-16-35-22/h6-7,10-13,20H,1-5,8-9,14-16H2,(H,28,32)(H,29,31). The Labute approximate surface area is 208 Å². The van der Waals surface area contributed by atoms with Crippen molar-refractivity contribution >= 4 is 16.9 Å². The topological polar surface area (TPSA) is 102 Å². The zero-order valence-corrected chi connectivity index (χ0v) is 20.0. The highest BCUT2D eigenvalue weighted by Crippen LogP contribution is 2.34. The second-order valence-electron chi connectivity index (χ2n) is 9.53. The molecule has 0 bridgehead atoms. The molecule has 2 amide bonds. The fourth-order valence-electron chi connectivity index (χ4n) is 5.08. The summed E-state index contributed by atoms with van der Waals surface area (Å²) >= 11 is 0. The van der Waals surface area contributed by atoms with E-state index in [4.69, 9.17) is 18.9 Å². The lowest BCUT2D eigenvalue weighted by atomic mass is 9.96. The first-order chi connectivity index (χ1) is 17.6. The van der Waals surface area contributed by atoms with E-state index < -0.39 is 0 Å². The third-order valence-corrected chi connectivity index (χ3v) is 6.98. The molecule has 36 heavy (non-hydrogen) atoms. The first-order valence-corrected chi connectivity index (χ1v) is 12.5. The number of carbonyl (C=O) groups is 1. The summed E-state index contributed by atoms with van der Waals surface area (Å²) in [5, 5.41) is 4.02. The number of nitrogens with one attached hydrogen (secondary N) is 2. The van der Waals surface area contributed by atoms with Crippen LogP contribution in [0.25, 0.3) is 10.9 Å². The van der Waals surface area contributed by atoms with Crippen LogP contribution in [0, 0.1) is 0 Å². The number of H-pyrrole nitrogens is 1. The molecular formula is C27H29N3O6. The lowest BCUT2D eigenvalue weighted by Crippen LogP contribution is -2.45. The lowest BCUT2D eigenvalue weighted by Gasteiger charge is -2.28. The van der Waals surface area contributed by atoms with Crippen LogP contribution >= 0.6 is 0 Å². The number of amides is 2. The number of fused-ring (bicyclic) bond motifs is 3. The van der Waals surface area contributed by atoms with Gasteiger partial charge in [0.05, 0.1) is 12.1 Å². The molecule has 0 saturated heterocycles. The number of aromatic nitrogens is 1. The first kappa shape index (κ1) is 22.6. The number of hydrogen-bond donors (Lipinski definition) is 2. The summed E-state index contributed by atoms with van der Waals surface area (Å²) in [6.07, 6.45) is 5.40. The lowest BCUT2D eigenvalue weighted by molar-refractivity contribution is 0.172. The molecule has 2 aliphatic heterocycles. The molecular weight excluding hydrogens is 462 g/mol. The summed E-state index contributed by atoms with van der Waals surface area (Å²) in [5.41, 5.74) is 1.83. The highest BCUT2D eigenvalue weighted by molar-refractivity contribution is 5.83. The van der Waals surface area contributed by atoms with Gasteiger partial charge in [-0.25, -0.2) is 4.79 Å². The average molecular weight is 492 g/mol. The van der Waals surface area contributed by atoms with E-state index in [1.165, 1.54) is 6.42 Å². The summed E-state index contributed by atoms with van der Waals surface area (Å²) in [6.45, 7) is 1.64. The van der Waals surface area contributed by atoms with Gasteiger partial charge >= 0.3 is 6.03 Å². The van der Waals surface area contributed by atoms with Gasteiger partial charge in [0.2, 0.25) is 6.79 Å². The summed E-state index contributed by atoms with van der Waals surface area (Å²) in [6, 6.07) is 11.1. The minimum Gasteiger partial charge on any atom is -0.486 e. The van der Waals surface area contributed by atoms with Crippen molar-refractivity contribution in [2.45, 2.75) is 51.2 Å². The zero-order valence-electron chi connectivity index (χ0n) is 20.0. The molecule has 1 aliphatic carbocycles. The van der Waals surface area contributed by atoms with Crippen molar-refractivity contribution < 1.29 is 23.7 Å². The van der Waals surface area contributed by atoms with Crippen molar-refractivity contribution in [1.29, 1.82) is 0 Å². The predicted molar refractivity (Wildman–Crippen MR) is 133 cm³/mol. The van der Waals surface area contributed by atoms with Gasteiger partial charge in [-0.05, 0) is 42.7 Å².